The summed E-state index contributed by atoms with van der Waals surface area (Å²) in [4.78, 5) is 5.57. The summed E-state index contributed by atoms with van der Waals surface area (Å²) < 4.78 is 0. The Kier molecular flexibility index (Phi) is 7.46. The van der Waals surface area contributed by atoms with Crippen LogP contribution in [-0.2, 0) is 6.54 Å². The first kappa shape index (κ1) is 16.8. The van der Waals surface area contributed by atoms with Gasteiger partial charge in [0.05, 0.1) is 6.54 Å². The number of para-hydroxylation sites is 1. The zero-order valence-electron chi connectivity index (χ0n) is 11.2. The van der Waals surface area contributed by atoms with Crippen LogP contribution in [0.1, 0.15) is 5.56 Å². The third-order valence-electron chi connectivity index (χ3n) is 2.64. The molecular formula is C15H18IN3S. The number of nitrogens with zero attached hydrogens (tertiary/aromatic N) is 1. The topological polar surface area (TPSA) is 50.4 Å². The number of benzene rings is 2. The minimum absolute atomic E-state index is 0. The third kappa shape index (κ3) is 5.42. The first-order chi connectivity index (χ1) is 9.28. The minimum Gasteiger partial charge on any atom is -0.370 e. The Balaban J connectivity index is 0.00000200. The van der Waals surface area contributed by atoms with E-state index < -0.39 is 0 Å². The smallest absolute Gasteiger partial charge is 0.193 e. The number of thioether (sulfide) groups is 1. The van der Waals surface area contributed by atoms with Gasteiger partial charge in [-0.2, -0.15) is 0 Å². The summed E-state index contributed by atoms with van der Waals surface area (Å²) in [5.41, 5.74) is 7.94. The van der Waals surface area contributed by atoms with E-state index in [0.717, 1.165) is 11.3 Å². The lowest BCUT2D eigenvalue weighted by atomic mass is 10.2. The van der Waals surface area contributed by atoms with Gasteiger partial charge in [0.2, 0.25) is 0 Å². The van der Waals surface area contributed by atoms with E-state index in [1.807, 2.05) is 30.3 Å². The number of aliphatic imine (C=N–C) groups is 1. The first-order valence-corrected chi connectivity index (χ1v) is 7.25. The predicted octanol–water partition coefficient (Wildman–Crippen LogP) is 3.95. The SMILES string of the molecule is CSc1ccc(CN=C(N)Nc2ccccc2)cc1.I. The lowest BCUT2D eigenvalue weighted by molar-refractivity contribution is 1.05. The molecule has 0 amide bonds. The molecule has 20 heavy (non-hydrogen) atoms. The minimum atomic E-state index is 0. The van der Waals surface area contributed by atoms with Crippen LogP contribution in [0.5, 0.6) is 0 Å². The molecule has 0 heterocycles. The lowest BCUT2D eigenvalue weighted by Crippen LogP contribution is -2.22. The van der Waals surface area contributed by atoms with Gasteiger partial charge in [0.15, 0.2) is 5.96 Å². The maximum absolute atomic E-state index is 5.84. The molecule has 0 saturated carbocycles. The van der Waals surface area contributed by atoms with E-state index >= 15 is 0 Å². The van der Waals surface area contributed by atoms with Crippen LogP contribution in [0.2, 0.25) is 0 Å². The molecule has 3 N–H and O–H groups in total. The molecule has 106 valence electrons. The average Bonchev–Trinajstić information content (AvgIpc) is 2.47. The summed E-state index contributed by atoms with van der Waals surface area (Å²) in [6.45, 7) is 0.584. The van der Waals surface area contributed by atoms with Crippen molar-refractivity contribution in [2.75, 3.05) is 11.6 Å². The van der Waals surface area contributed by atoms with E-state index in [2.05, 4.69) is 40.8 Å². The Morgan fingerprint density at radius 2 is 1.75 bits per heavy atom. The van der Waals surface area contributed by atoms with Crippen LogP contribution in [0.25, 0.3) is 0 Å². The van der Waals surface area contributed by atoms with Crippen LogP contribution in [0.4, 0.5) is 5.69 Å². The van der Waals surface area contributed by atoms with Gasteiger partial charge in [0, 0.05) is 10.6 Å². The normalized spacial score (nSPS) is 10.8. The molecule has 0 radical (unpaired) electrons. The molecule has 0 aliphatic carbocycles. The fourth-order valence-corrected chi connectivity index (χ4v) is 2.02. The highest BCUT2D eigenvalue weighted by atomic mass is 127. The highest BCUT2D eigenvalue weighted by Crippen LogP contribution is 2.15. The van der Waals surface area contributed by atoms with Crippen LogP contribution >= 0.6 is 35.7 Å². The number of guanidine groups is 1. The monoisotopic (exact) mass is 399 g/mol. The van der Waals surface area contributed by atoms with E-state index in [9.17, 15) is 0 Å². The molecule has 3 nitrogen and oxygen atoms in total. The third-order valence-corrected chi connectivity index (χ3v) is 3.38. The van der Waals surface area contributed by atoms with Crippen LogP contribution in [0, 0.1) is 0 Å². The number of anilines is 1. The molecule has 0 atom stereocenters. The van der Waals surface area contributed by atoms with Crippen molar-refractivity contribution in [3.63, 3.8) is 0 Å². The van der Waals surface area contributed by atoms with Crippen molar-refractivity contribution in [1.29, 1.82) is 0 Å². The summed E-state index contributed by atoms with van der Waals surface area (Å²) in [6.07, 6.45) is 2.06. The quantitative estimate of drug-likeness (QED) is 0.354. The number of hydrogen-bond acceptors (Lipinski definition) is 2. The molecule has 2 rings (SSSR count). The second kappa shape index (κ2) is 8.86. The maximum atomic E-state index is 5.84. The van der Waals surface area contributed by atoms with Gasteiger partial charge in [-0.3, -0.25) is 0 Å². The second-order valence-corrected chi connectivity index (χ2v) is 4.92. The number of hydrogen-bond donors (Lipinski definition) is 2. The van der Waals surface area contributed by atoms with Crippen LogP contribution in [-0.4, -0.2) is 12.2 Å². The molecule has 0 saturated heterocycles. The Morgan fingerprint density at radius 3 is 2.35 bits per heavy atom. The molecule has 0 aliphatic rings. The highest BCUT2D eigenvalue weighted by Gasteiger charge is 1.95. The summed E-state index contributed by atoms with van der Waals surface area (Å²) in [7, 11) is 0. The fraction of sp³-hybridized carbons (Fsp3) is 0.133. The van der Waals surface area contributed by atoms with Gasteiger partial charge in [-0.1, -0.05) is 30.3 Å². The van der Waals surface area contributed by atoms with Gasteiger partial charge in [-0.05, 0) is 36.1 Å². The Bertz CT molecular complexity index is 541. The summed E-state index contributed by atoms with van der Waals surface area (Å²) >= 11 is 1.73. The van der Waals surface area contributed by atoms with Crippen molar-refractivity contribution in [3.05, 3.63) is 60.2 Å². The maximum Gasteiger partial charge on any atom is 0.193 e. The van der Waals surface area contributed by atoms with Gasteiger partial charge >= 0.3 is 0 Å². The number of nitrogens with two attached hydrogens (primary N) is 1. The van der Waals surface area contributed by atoms with Crippen molar-refractivity contribution >= 4 is 47.4 Å². The molecular weight excluding hydrogens is 381 g/mol. The standard InChI is InChI=1S/C15H17N3S.HI/c1-19-14-9-7-12(8-10-14)11-17-15(16)18-13-5-3-2-4-6-13;/h2-10H,11H2,1H3,(H3,16,17,18);1H. The van der Waals surface area contributed by atoms with Crippen molar-refractivity contribution in [2.45, 2.75) is 11.4 Å². The largest absolute Gasteiger partial charge is 0.370 e. The second-order valence-electron chi connectivity index (χ2n) is 4.04. The number of rotatable bonds is 4. The van der Waals surface area contributed by atoms with Gasteiger partial charge < -0.3 is 11.1 Å². The van der Waals surface area contributed by atoms with Crippen molar-refractivity contribution in [3.8, 4) is 0 Å². The van der Waals surface area contributed by atoms with E-state index in [1.54, 1.807) is 11.8 Å². The number of halogens is 1. The average molecular weight is 399 g/mol. The molecule has 0 bridgehead atoms. The predicted molar refractivity (Wildman–Crippen MR) is 99.0 cm³/mol. The van der Waals surface area contributed by atoms with Gasteiger partial charge in [0.1, 0.15) is 0 Å². The molecule has 0 fully saturated rings. The van der Waals surface area contributed by atoms with Crippen molar-refractivity contribution < 1.29 is 0 Å². The summed E-state index contributed by atoms with van der Waals surface area (Å²) in [5, 5.41) is 3.06. The molecule has 2 aromatic carbocycles. The summed E-state index contributed by atoms with van der Waals surface area (Å²) in [6, 6.07) is 18.1. The molecule has 0 aromatic heterocycles. The molecule has 0 unspecified atom stereocenters. The van der Waals surface area contributed by atoms with E-state index in [-0.39, 0.29) is 24.0 Å². The van der Waals surface area contributed by atoms with Gasteiger partial charge in [0.25, 0.3) is 0 Å². The Hall–Kier alpha value is -1.21. The zero-order valence-corrected chi connectivity index (χ0v) is 14.4. The van der Waals surface area contributed by atoms with Crippen LogP contribution in [0.3, 0.4) is 0 Å². The zero-order chi connectivity index (χ0) is 13.5. The van der Waals surface area contributed by atoms with Gasteiger partial charge in [-0.25, -0.2) is 4.99 Å². The van der Waals surface area contributed by atoms with Gasteiger partial charge in [-0.15, -0.1) is 35.7 Å². The molecule has 5 heteroatoms. The lowest BCUT2D eigenvalue weighted by Gasteiger charge is -2.05. The molecule has 0 aliphatic heterocycles. The molecule has 0 spiro atoms. The highest BCUT2D eigenvalue weighted by molar-refractivity contribution is 14.0. The molecule has 2 aromatic rings. The first-order valence-electron chi connectivity index (χ1n) is 6.03. The van der Waals surface area contributed by atoms with E-state index in [1.165, 1.54) is 4.90 Å². The van der Waals surface area contributed by atoms with E-state index in [4.69, 9.17) is 5.73 Å². The van der Waals surface area contributed by atoms with Crippen LogP contribution in [0.15, 0.2) is 64.5 Å². The Morgan fingerprint density at radius 1 is 1.10 bits per heavy atom. The Labute approximate surface area is 141 Å². The van der Waals surface area contributed by atoms with Crippen LogP contribution < -0.4 is 11.1 Å². The summed E-state index contributed by atoms with van der Waals surface area (Å²) in [5.74, 6) is 0.431. The van der Waals surface area contributed by atoms with Crippen molar-refractivity contribution in [1.82, 2.24) is 0 Å². The number of nitrogens with one attached hydrogen (secondary N) is 1. The van der Waals surface area contributed by atoms with Crippen molar-refractivity contribution in [2.24, 2.45) is 10.7 Å². The van der Waals surface area contributed by atoms with E-state index in [0.29, 0.717) is 12.5 Å². The fourth-order valence-electron chi connectivity index (χ4n) is 1.62.